The van der Waals surface area contributed by atoms with Crippen LogP contribution in [0, 0.1) is 0 Å². The van der Waals surface area contributed by atoms with Crippen LogP contribution in [-0.2, 0) is 19.1 Å². The highest BCUT2D eigenvalue weighted by Crippen LogP contribution is 2.30. The number of alkyl halides is 3. The number of benzene rings is 3. The molecular formula is C32H32F3N7O2. The number of aromatic nitrogens is 4. The third-order valence-corrected chi connectivity index (χ3v) is 7.38. The highest BCUT2D eigenvalue weighted by molar-refractivity contribution is 6.03. The molecule has 1 atom stereocenters. The number of carbonyl (C=O) groups excluding carboxylic acids is 2. The van der Waals surface area contributed by atoms with Crippen molar-refractivity contribution in [2.75, 3.05) is 10.2 Å². The van der Waals surface area contributed by atoms with Crippen LogP contribution in [0.5, 0.6) is 0 Å². The van der Waals surface area contributed by atoms with Crippen LogP contribution < -0.4 is 15.5 Å². The fourth-order valence-corrected chi connectivity index (χ4v) is 5.14. The van der Waals surface area contributed by atoms with Crippen molar-refractivity contribution in [1.82, 2.24) is 25.9 Å². The van der Waals surface area contributed by atoms with Crippen molar-refractivity contribution in [2.45, 2.75) is 57.8 Å². The SMILES string of the molecule is CC(Cc1cccc(C(F)(F)F)c1)NC(=O)N(Cc1ccc(C(=O)Nc2nn[nH]n2)cc1)c1ccc(C2=CCCCC2)cc1. The van der Waals surface area contributed by atoms with E-state index >= 15 is 0 Å². The maximum absolute atomic E-state index is 13.7. The normalized spacial score (nSPS) is 14.0. The van der Waals surface area contributed by atoms with E-state index in [4.69, 9.17) is 0 Å². The van der Waals surface area contributed by atoms with Gasteiger partial charge < -0.3 is 5.32 Å². The van der Waals surface area contributed by atoms with E-state index in [2.05, 4.69) is 37.3 Å². The number of H-pyrrole nitrogens is 1. The Morgan fingerprint density at radius 3 is 2.43 bits per heavy atom. The third-order valence-electron chi connectivity index (χ3n) is 7.38. The van der Waals surface area contributed by atoms with Crippen molar-refractivity contribution < 1.29 is 22.8 Å². The van der Waals surface area contributed by atoms with Gasteiger partial charge in [-0.25, -0.2) is 4.79 Å². The minimum absolute atomic E-state index is 0.0496. The van der Waals surface area contributed by atoms with Crippen LogP contribution >= 0.6 is 0 Å². The first-order valence-electron chi connectivity index (χ1n) is 14.3. The number of hydrogen-bond donors (Lipinski definition) is 3. The molecule has 5 rings (SSSR count). The molecule has 0 saturated heterocycles. The molecule has 0 radical (unpaired) electrons. The Bertz CT molecular complexity index is 1600. The number of tetrazole rings is 1. The number of anilines is 2. The van der Waals surface area contributed by atoms with E-state index in [1.807, 2.05) is 24.3 Å². The van der Waals surface area contributed by atoms with E-state index in [0.29, 0.717) is 16.8 Å². The number of rotatable bonds is 9. The molecule has 4 aromatic rings. The fourth-order valence-electron chi connectivity index (χ4n) is 5.14. The largest absolute Gasteiger partial charge is 0.416 e. The van der Waals surface area contributed by atoms with Crippen LogP contribution in [0.2, 0.25) is 0 Å². The fraction of sp³-hybridized carbons (Fsp3) is 0.281. The van der Waals surface area contributed by atoms with E-state index in [1.165, 1.54) is 18.1 Å². The van der Waals surface area contributed by atoms with Gasteiger partial charge >= 0.3 is 12.2 Å². The molecule has 1 aliphatic rings. The minimum atomic E-state index is -4.44. The molecular weight excluding hydrogens is 571 g/mol. The topological polar surface area (TPSA) is 116 Å². The number of nitrogens with one attached hydrogen (secondary N) is 3. The van der Waals surface area contributed by atoms with Gasteiger partial charge in [-0.1, -0.05) is 53.6 Å². The summed E-state index contributed by atoms with van der Waals surface area (Å²) in [6.07, 6.45) is 2.44. The summed E-state index contributed by atoms with van der Waals surface area (Å²) in [4.78, 5) is 27.7. The number of hydrogen-bond acceptors (Lipinski definition) is 5. The van der Waals surface area contributed by atoms with Gasteiger partial charge in [0.05, 0.1) is 12.1 Å². The summed E-state index contributed by atoms with van der Waals surface area (Å²) in [7, 11) is 0. The van der Waals surface area contributed by atoms with Gasteiger partial charge in [0.25, 0.3) is 11.9 Å². The van der Waals surface area contributed by atoms with Gasteiger partial charge in [-0.3, -0.25) is 15.0 Å². The Hall–Kier alpha value is -5.00. The van der Waals surface area contributed by atoms with Crippen molar-refractivity contribution in [3.8, 4) is 0 Å². The summed E-state index contributed by atoms with van der Waals surface area (Å²) in [5.74, 6) is -0.364. The highest BCUT2D eigenvalue weighted by atomic mass is 19.4. The maximum Gasteiger partial charge on any atom is 0.416 e. The Labute approximate surface area is 252 Å². The lowest BCUT2D eigenvalue weighted by atomic mass is 9.93. The Balaban J connectivity index is 1.33. The molecule has 0 spiro atoms. The van der Waals surface area contributed by atoms with Crippen molar-refractivity contribution >= 4 is 29.1 Å². The first-order valence-corrected chi connectivity index (χ1v) is 14.3. The second-order valence-corrected chi connectivity index (χ2v) is 10.7. The van der Waals surface area contributed by atoms with Gasteiger partial charge in [-0.2, -0.15) is 18.4 Å². The molecule has 9 nitrogen and oxygen atoms in total. The molecule has 12 heteroatoms. The number of aromatic amines is 1. The molecule has 1 heterocycles. The smallest absolute Gasteiger partial charge is 0.335 e. The maximum atomic E-state index is 13.7. The predicted octanol–water partition coefficient (Wildman–Crippen LogP) is 6.78. The van der Waals surface area contributed by atoms with E-state index in [9.17, 15) is 22.8 Å². The quantitative estimate of drug-likeness (QED) is 0.195. The van der Waals surface area contributed by atoms with Crippen molar-refractivity contribution in [2.24, 2.45) is 0 Å². The number of urea groups is 1. The number of nitrogens with zero attached hydrogens (tertiary/aromatic N) is 4. The highest BCUT2D eigenvalue weighted by Gasteiger charge is 2.30. The third kappa shape index (κ3) is 7.88. The second-order valence-electron chi connectivity index (χ2n) is 10.7. The summed E-state index contributed by atoms with van der Waals surface area (Å²) in [6.45, 7) is 1.95. The van der Waals surface area contributed by atoms with Crippen LogP contribution in [0.1, 0.15) is 65.2 Å². The summed E-state index contributed by atoms with van der Waals surface area (Å²) in [5.41, 5.74) is 3.95. The number of allylic oxidation sites excluding steroid dienone is 2. The van der Waals surface area contributed by atoms with Crippen molar-refractivity contribution in [1.29, 1.82) is 0 Å². The molecule has 3 aromatic carbocycles. The number of carbonyl (C=O) groups is 2. The van der Waals surface area contributed by atoms with Crippen LogP contribution in [0.25, 0.3) is 5.57 Å². The van der Waals surface area contributed by atoms with E-state index in [-0.39, 0.29) is 18.9 Å². The monoisotopic (exact) mass is 603 g/mol. The van der Waals surface area contributed by atoms with Gasteiger partial charge in [0, 0.05) is 17.3 Å². The van der Waals surface area contributed by atoms with Gasteiger partial charge in [-0.15, -0.1) is 5.10 Å². The summed E-state index contributed by atoms with van der Waals surface area (Å²) < 4.78 is 39.6. The zero-order valence-corrected chi connectivity index (χ0v) is 24.1. The van der Waals surface area contributed by atoms with Crippen molar-refractivity contribution in [3.63, 3.8) is 0 Å². The zero-order chi connectivity index (χ0) is 31.1. The molecule has 44 heavy (non-hydrogen) atoms. The standard InChI is InChI=1S/C32H32F3N7O2/c1-21(18-23-6-5-9-27(19-23)32(33,34)35)36-31(44)42(28-16-14-25(15-17-28)24-7-3-2-4-8-24)20-22-10-12-26(13-11-22)29(43)37-30-38-40-41-39-30/h5-7,9-17,19,21H,2-4,8,18,20H2,1H3,(H,36,44)(H2,37,38,39,40,41,43). The molecule has 1 aliphatic carbocycles. The zero-order valence-electron chi connectivity index (χ0n) is 24.1. The molecule has 0 bridgehead atoms. The predicted molar refractivity (Wildman–Crippen MR) is 161 cm³/mol. The number of halogens is 3. The van der Waals surface area contributed by atoms with Gasteiger partial charge in [-0.05, 0) is 96.8 Å². The first-order chi connectivity index (χ1) is 21.2. The molecule has 228 valence electrons. The second kappa shape index (κ2) is 13.5. The molecule has 3 N–H and O–H groups in total. The Morgan fingerprint density at radius 1 is 1.00 bits per heavy atom. The van der Waals surface area contributed by atoms with E-state index < -0.39 is 29.7 Å². The Kier molecular flexibility index (Phi) is 9.37. The number of amides is 3. The van der Waals surface area contributed by atoms with Crippen LogP contribution in [0.15, 0.2) is 78.9 Å². The van der Waals surface area contributed by atoms with Crippen LogP contribution in [0.3, 0.4) is 0 Å². The van der Waals surface area contributed by atoms with Gasteiger partial charge in [0.15, 0.2) is 0 Å². The summed E-state index contributed by atoms with van der Waals surface area (Å²) >= 11 is 0. The van der Waals surface area contributed by atoms with Gasteiger partial charge in [0.1, 0.15) is 0 Å². The lowest BCUT2D eigenvalue weighted by Gasteiger charge is -2.26. The molecule has 0 saturated carbocycles. The van der Waals surface area contributed by atoms with Crippen LogP contribution in [-0.4, -0.2) is 38.6 Å². The Morgan fingerprint density at radius 2 is 1.77 bits per heavy atom. The minimum Gasteiger partial charge on any atom is -0.335 e. The molecule has 1 aromatic heterocycles. The average molecular weight is 604 g/mol. The molecule has 0 aliphatic heterocycles. The van der Waals surface area contributed by atoms with Gasteiger partial charge in [0.2, 0.25) is 0 Å². The average Bonchev–Trinajstić information content (AvgIpc) is 3.53. The lowest BCUT2D eigenvalue weighted by molar-refractivity contribution is -0.137. The first kappa shape index (κ1) is 30.5. The van der Waals surface area contributed by atoms with E-state index in [0.717, 1.165) is 42.5 Å². The van der Waals surface area contributed by atoms with Crippen LogP contribution in [0.4, 0.5) is 29.6 Å². The lowest BCUT2D eigenvalue weighted by Crippen LogP contribution is -2.44. The summed E-state index contributed by atoms with van der Waals surface area (Å²) in [6, 6.07) is 18.8. The molecule has 1 unspecified atom stereocenters. The molecule has 3 amide bonds. The van der Waals surface area contributed by atoms with E-state index in [1.54, 1.807) is 42.2 Å². The van der Waals surface area contributed by atoms with Crippen molar-refractivity contribution in [3.05, 3.63) is 107 Å². The molecule has 0 fully saturated rings. The summed E-state index contributed by atoms with van der Waals surface area (Å²) in [5, 5.41) is 18.6.